The Bertz CT molecular complexity index is 824. The van der Waals surface area contributed by atoms with Gasteiger partial charge in [-0.15, -0.1) is 0 Å². The summed E-state index contributed by atoms with van der Waals surface area (Å²) in [4.78, 5) is 27.7. The minimum absolute atomic E-state index is 0.0126. The summed E-state index contributed by atoms with van der Waals surface area (Å²) in [5.41, 5.74) is 1.22. The summed E-state index contributed by atoms with van der Waals surface area (Å²) < 4.78 is 14.2. The van der Waals surface area contributed by atoms with E-state index in [4.69, 9.17) is 11.6 Å². The first-order valence-corrected chi connectivity index (χ1v) is 10.8. The van der Waals surface area contributed by atoms with E-state index in [1.54, 1.807) is 11.0 Å². The van der Waals surface area contributed by atoms with Gasteiger partial charge >= 0.3 is 0 Å². The van der Waals surface area contributed by atoms with Gasteiger partial charge in [-0.1, -0.05) is 61.8 Å². The Hall–Kier alpha value is -2.40. The smallest absolute Gasteiger partial charge is 0.243 e. The quantitative estimate of drug-likeness (QED) is 0.587. The SMILES string of the molecule is CCC(C)NC(=O)C(CC)N(CCc1ccccc1)C(=O)Cc1c(F)cccc1Cl. The number of halogens is 2. The Kier molecular flexibility index (Phi) is 9.31. The highest BCUT2D eigenvalue weighted by atomic mass is 35.5. The number of rotatable bonds is 10. The van der Waals surface area contributed by atoms with Gasteiger partial charge in [0, 0.05) is 23.2 Å². The van der Waals surface area contributed by atoms with Gasteiger partial charge in [0.05, 0.1) is 6.42 Å². The fraction of sp³-hybridized carbons (Fsp3) is 0.417. The van der Waals surface area contributed by atoms with E-state index < -0.39 is 11.9 Å². The molecule has 2 aromatic rings. The lowest BCUT2D eigenvalue weighted by Gasteiger charge is -2.31. The summed E-state index contributed by atoms with van der Waals surface area (Å²) >= 11 is 6.12. The van der Waals surface area contributed by atoms with E-state index in [0.29, 0.717) is 19.4 Å². The third-order valence-corrected chi connectivity index (χ3v) is 5.61. The maximum absolute atomic E-state index is 14.2. The average Bonchev–Trinajstić information content (AvgIpc) is 2.74. The Morgan fingerprint density at radius 2 is 1.77 bits per heavy atom. The van der Waals surface area contributed by atoms with Gasteiger partial charge < -0.3 is 10.2 Å². The summed E-state index contributed by atoms with van der Waals surface area (Å²) in [5, 5.41) is 3.18. The largest absolute Gasteiger partial charge is 0.352 e. The first kappa shape index (κ1) is 23.9. The molecule has 1 N–H and O–H groups in total. The molecular formula is C24H30ClFN2O2. The number of carbonyl (C=O) groups is 2. The van der Waals surface area contributed by atoms with Crippen LogP contribution in [0.1, 0.15) is 44.7 Å². The zero-order valence-electron chi connectivity index (χ0n) is 17.8. The van der Waals surface area contributed by atoms with Gasteiger partial charge in [0.15, 0.2) is 0 Å². The van der Waals surface area contributed by atoms with Gasteiger partial charge in [0.2, 0.25) is 11.8 Å². The van der Waals surface area contributed by atoms with Crippen molar-refractivity contribution in [3.05, 3.63) is 70.5 Å². The maximum atomic E-state index is 14.2. The van der Waals surface area contributed by atoms with Crippen molar-refractivity contribution in [2.45, 2.75) is 58.5 Å². The number of hydrogen-bond acceptors (Lipinski definition) is 2. The molecule has 4 nitrogen and oxygen atoms in total. The lowest BCUT2D eigenvalue weighted by Crippen LogP contribution is -2.52. The van der Waals surface area contributed by atoms with Crippen LogP contribution in [0.15, 0.2) is 48.5 Å². The van der Waals surface area contributed by atoms with Gasteiger partial charge in [0.25, 0.3) is 0 Å². The van der Waals surface area contributed by atoms with Crippen molar-refractivity contribution in [1.82, 2.24) is 10.2 Å². The molecule has 0 aromatic heterocycles. The van der Waals surface area contributed by atoms with E-state index in [9.17, 15) is 14.0 Å². The van der Waals surface area contributed by atoms with E-state index in [1.165, 1.54) is 12.1 Å². The second kappa shape index (κ2) is 11.7. The minimum atomic E-state index is -0.624. The fourth-order valence-electron chi connectivity index (χ4n) is 3.29. The zero-order chi connectivity index (χ0) is 22.1. The van der Waals surface area contributed by atoms with Gasteiger partial charge in [0.1, 0.15) is 11.9 Å². The van der Waals surface area contributed by atoms with Crippen molar-refractivity contribution in [2.24, 2.45) is 0 Å². The molecule has 0 aliphatic heterocycles. The number of carbonyl (C=O) groups excluding carboxylic acids is 2. The number of benzene rings is 2. The molecule has 0 aliphatic carbocycles. The number of hydrogen-bond donors (Lipinski definition) is 1. The zero-order valence-corrected chi connectivity index (χ0v) is 18.6. The summed E-state index contributed by atoms with van der Waals surface area (Å²) in [5.74, 6) is -1.02. The highest BCUT2D eigenvalue weighted by Crippen LogP contribution is 2.21. The van der Waals surface area contributed by atoms with Crippen LogP contribution < -0.4 is 5.32 Å². The van der Waals surface area contributed by atoms with Crippen molar-refractivity contribution in [1.29, 1.82) is 0 Å². The van der Waals surface area contributed by atoms with Gasteiger partial charge in [-0.25, -0.2) is 4.39 Å². The van der Waals surface area contributed by atoms with Crippen LogP contribution in [0.4, 0.5) is 4.39 Å². The van der Waals surface area contributed by atoms with Crippen molar-refractivity contribution in [3.8, 4) is 0 Å². The molecule has 2 unspecified atom stereocenters. The van der Waals surface area contributed by atoms with Gasteiger partial charge in [-0.3, -0.25) is 9.59 Å². The van der Waals surface area contributed by atoms with E-state index >= 15 is 0 Å². The van der Waals surface area contributed by atoms with Crippen LogP contribution >= 0.6 is 11.6 Å². The Labute approximate surface area is 183 Å². The molecular weight excluding hydrogens is 403 g/mol. The highest BCUT2D eigenvalue weighted by molar-refractivity contribution is 6.31. The first-order chi connectivity index (χ1) is 14.4. The summed E-state index contributed by atoms with van der Waals surface area (Å²) in [6.07, 6.45) is 1.68. The van der Waals surface area contributed by atoms with Gasteiger partial charge in [-0.2, -0.15) is 0 Å². The van der Waals surface area contributed by atoms with Crippen LogP contribution in [-0.2, 0) is 22.4 Å². The number of amides is 2. The number of nitrogens with one attached hydrogen (secondary N) is 1. The summed E-state index contributed by atoms with van der Waals surface area (Å²) in [6.45, 7) is 6.16. The van der Waals surface area contributed by atoms with Crippen molar-refractivity contribution >= 4 is 23.4 Å². The van der Waals surface area contributed by atoms with Crippen LogP contribution in [0.25, 0.3) is 0 Å². The third kappa shape index (κ3) is 6.56. The van der Waals surface area contributed by atoms with E-state index in [-0.39, 0.29) is 34.9 Å². The molecule has 30 heavy (non-hydrogen) atoms. The van der Waals surface area contributed by atoms with E-state index in [1.807, 2.05) is 51.1 Å². The lowest BCUT2D eigenvalue weighted by atomic mass is 10.1. The lowest BCUT2D eigenvalue weighted by molar-refractivity contribution is -0.140. The molecule has 2 atom stereocenters. The molecule has 0 heterocycles. The maximum Gasteiger partial charge on any atom is 0.243 e. The van der Waals surface area contributed by atoms with Crippen molar-refractivity contribution < 1.29 is 14.0 Å². The molecule has 0 saturated heterocycles. The normalized spacial score (nSPS) is 12.8. The third-order valence-electron chi connectivity index (χ3n) is 5.26. The van der Waals surface area contributed by atoms with E-state index in [2.05, 4.69) is 5.32 Å². The standard InChI is InChI=1S/C24H30ClFN2O2/c1-4-17(3)27-24(30)22(5-2)28(15-14-18-10-7-6-8-11-18)23(29)16-19-20(25)12-9-13-21(19)26/h6-13,17,22H,4-5,14-16H2,1-3H3,(H,27,30). The topological polar surface area (TPSA) is 49.4 Å². The molecule has 0 saturated carbocycles. The molecule has 0 bridgehead atoms. The fourth-order valence-corrected chi connectivity index (χ4v) is 3.52. The molecule has 2 aromatic carbocycles. The average molecular weight is 433 g/mol. The first-order valence-electron chi connectivity index (χ1n) is 10.4. The second-order valence-electron chi connectivity index (χ2n) is 7.44. The molecule has 0 spiro atoms. The van der Waals surface area contributed by atoms with Crippen LogP contribution in [0.5, 0.6) is 0 Å². The highest BCUT2D eigenvalue weighted by Gasteiger charge is 2.29. The predicted molar refractivity (Wildman–Crippen MR) is 119 cm³/mol. The minimum Gasteiger partial charge on any atom is -0.352 e. The monoisotopic (exact) mass is 432 g/mol. The van der Waals surface area contributed by atoms with Crippen LogP contribution in [0.3, 0.4) is 0 Å². The molecule has 0 radical (unpaired) electrons. The summed E-state index contributed by atoms with van der Waals surface area (Å²) in [6, 6.07) is 13.5. The summed E-state index contributed by atoms with van der Waals surface area (Å²) in [7, 11) is 0. The Morgan fingerprint density at radius 3 is 2.37 bits per heavy atom. The molecule has 2 rings (SSSR count). The number of nitrogens with zero attached hydrogens (tertiary/aromatic N) is 1. The Balaban J connectivity index is 2.26. The van der Waals surface area contributed by atoms with Crippen LogP contribution in [-0.4, -0.2) is 35.3 Å². The molecule has 2 amide bonds. The van der Waals surface area contributed by atoms with Crippen LogP contribution in [0.2, 0.25) is 5.02 Å². The van der Waals surface area contributed by atoms with Crippen molar-refractivity contribution in [3.63, 3.8) is 0 Å². The van der Waals surface area contributed by atoms with Gasteiger partial charge in [-0.05, 0) is 43.9 Å². The predicted octanol–water partition coefficient (Wildman–Crippen LogP) is 4.79. The second-order valence-corrected chi connectivity index (χ2v) is 7.85. The van der Waals surface area contributed by atoms with E-state index in [0.717, 1.165) is 12.0 Å². The molecule has 0 fully saturated rings. The molecule has 6 heteroatoms. The molecule has 162 valence electrons. The van der Waals surface area contributed by atoms with Crippen LogP contribution in [0, 0.1) is 5.82 Å². The molecule has 0 aliphatic rings. The van der Waals surface area contributed by atoms with Crippen molar-refractivity contribution in [2.75, 3.05) is 6.54 Å². The Morgan fingerprint density at radius 1 is 1.07 bits per heavy atom.